The maximum atomic E-state index is 12.1. The molecular formula is C14H24N2O4S. The van der Waals surface area contributed by atoms with Gasteiger partial charge in [0.25, 0.3) is 0 Å². The summed E-state index contributed by atoms with van der Waals surface area (Å²) in [5, 5.41) is 15.6. The van der Waals surface area contributed by atoms with Crippen LogP contribution in [0.4, 0.5) is 4.79 Å². The average molecular weight is 316 g/mol. The lowest BCUT2D eigenvalue weighted by molar-refractivity contribution is -0.148. The van der Waals surface area contributed by atoms with Crippen LogP contribution < -0.4 is 10.6 Å². The van der Waals surface area contributed by atoms with Gasteiger partial charge in [-0.05, 0) is 32.4 Å². The summed E-state index contributed by atoms with van der Waals surface area (Å²) in [4.78, 5) is 23.4. The molecule has 3 N–H and O–H groups in total. The van der Waals surface area contributed by atoms with Crippen LogP contribution in [-0.2, 0) is 9.53 Å². The zero-order valence-corrected chi connectivity index (χ0v) is 13.4. The van der Waals surface area contributed by atoms with E-state index < -0.39 is 17.4 Å². The van der Waals surface area contributed by atoms with E-state index in [9.17, 15) is 14.7 Å². The number of ether oxygens (including phenoxy) is 1. The highest BCUT2D eigenvalue weighted by Crippen LogP contribution is 2.29. The Labute approximate surface area is 129 Å². The summed E-state index contributed by atoms with van der Waals surface area (Å²) >= 11 is 1.84. The van der Waals surface area contributed by atoms with Gasteiger partial charge in [-0.25, -0.2) is 4.79 Å². The maximum Gasteiger partial charge on any atom is 0.315 e. The van der Waals surface area contributed by atoms with Crippen LogP contribution >= 0.6 is 11.8 Å². The summed E-state index contributed by atoms with van der Waals surface area (Å²) in [6.45, 7) is 1.98. The van der Waals surface area contributed by atoms with E-state index in [1.807, 2.05) is 11.8 Å². The first-order valence-electron chi connectivity index (χ1n) is 7.36. The molecule has 2 amide bonds. The quantitative estimate of drug-likeness (QED) is 0.730. The smallest absolute Gasteiger partial charge is 0.315 e. The number of carbonyl (C=O) groups excluding carboxylic acids is 1. The zero-order chi connectivity index (χ0) is 15.5. The second-order valence-corrected chi connectivity index (χ2v) is 7.27. The van der Waals surface area contributed by atoms with Gasteiger partial charge in [-0.1, -0.05) is 6.42 Å². The number of hydrogen-bond donors (Lipinski definition) is 3. The minimum absolute atomic E-state index is 0.130. The molecule has 6 nitrogen and oxygen atoms in total. The van der Waals surface area contributed by atoms with Crippen molar-refractivity contribution in [1.82, 2.24) is 10.6 Å². The van der Waals surface area contributed by atoms with Crippen molar-refractivity contribution in [3.8, 4) is 0 Å². The Kier molecular flexibility index (Phi) is 5.37. The SMILES string of the molecule is CSC1CCCC(NC(=O)NC2COCC2(C)C(=O)O)C1. The lowest BCUT2D eigenvalue weighted by Gasteiger charge is -2.30. The fourth-order valence-electron chi connectivity index (χ4n) is 2.96. The Bertz CT molecular complexity index is 406. The molecule has 0 aromatic rings. The summed E-state index contributed by atoms with van der Waals surface area (Å²) in [7, 11) is 0. The predicted molar refractivity (Wildman–Crippen MR) is 81.6 cm³/mol. The molecule has 1 saturated carbocycles. The van der Waals surface area contributed by atoms with Crippen molar-refractivity contribution in [1.29, 1.82) is 0 Å². The Morgan fingerprint density at radius 3 is 2.76 bits per heavy atom. The van der Waals surface area contributed by atoms with E-state index in [1.54, 1.807) is 6.92 Å². The number of amides is 2. The van der Waals surface area contributed by atoms with Gasteiger partial charge in [-0.15, -0.1) is 0 Å². The summed E-state index contributed by atoms with van der Waals surface area (Å²) in [5.74, 6) is -0.939. The van der Waals surface area contributed by atoms with Crippen molar-refractivity contribution in [3.63, 3.8) is 0 Å². The standard InChI is InChI=1S/C14H24N2O4S/c1-14(12(17)18)8-20-7-11(14)16-13(19)15-9-4-3-5-10(6-9)21-2/h9-11H,3-8H2,1-2H3,(H,17,18)(H2,15,16,19). The van der Waals surface area contributed by atoms with E-state index in [1.165, 1.54) is 6.42 Å². The highest BCUT2D eigenvalue weighted by Gasteiger charge is 2.47. The van der Waals surface area contributed by atoms with Gasteiger partial charge < -0.3 is 20.5 Å². The third-order valence-corrected chi connectivity index (χ3v) is 5.64. The van der Waals surface area contributed by atoms with Crippen LogP contribution in [0.5, 0.6) is 0 Å². The third kappa shape index (κ3) is 3.83. The molecule has 1 aliphatic carbocycles. The molecule has 0 aromatic carbocycles. The van der Waals surface area contributed by atoms with Crippen molar-refractivity contribution in [2.24, 2.45) is 5.41 Å². The number of hydrogen-bond acceptors (Lipinski definition) is 4. The molecule has 0 aromatic heterocycles. The number of aliphatic carboxylic acids is 1. The average Bonchev–Trinajstić information content (AvgIpc) is 2.81. The van der Waals surface area contributed by atoms with Gasteiger partial charge in [-0.2, -0.15) is 11.8 Å². The van der Waals surface area contributed by atoms with E-state index in [0.29, 0.717) is 5.25 Å². The van der Waals surface area contributed by atoms with Crippen LogP contribution in [0.2, 0.25) is 0 Å². The number of carboxylic acid groups (broad SMARTS) is 1. The molecule has 0 radical (unpaired) electrons. The monoisotopic (exact) mass is 316 g/mol. The molecule has 4 unspecified atom stereocenters. The summed E-state index contributed by atoms with van der Waals surface area (Å²) in [5.41, 5.74) is -1.05. The van der Waals surface area contributed by atoms with E-state index in [0.717, 1.165) is 19.3 Å². The summed E-state index contributed by atoms with van der Waals surface area (Å²) in [6, 6.07) is -0.603. The predicted octanol–water partition coefficient (Wildman–Crippen LogP) is 1.45. The fourth-order valence-corrected chi connectivity index (χ4v) is 3.79. The molecule has 21 heavy (non-hydrogen) atoms. The third-order valence-electron chi connectivity index (χ3n) is 4.54. The topological polar surface area (TPSA) is 87.7 Å². The van der Waals surface area contributed by atoms with Crippen LogP contribution in [0.25, 0.3) is 0 Å². The van der Waals surface area contributed by atoms with Gasteiger partial charge in [0.2, 0.25) is 0 Å². The van der Waals surface area contributed by atoms with Gasteiger partial charge in [0.1, 0.15) is 5.41 Å². The molecule has 0 spiro atoms. The lowest BCUT2D eigenvalue weighted by Crippen LogP contribution is -2.54. The Morgan fingerprint density at radius 2 is 2.10 bits per heavy atom. The second-order valence-electron chi connectivity index (χ2n) is 6.13. The molecule has 120 valence electrons. The Morgan fingerprint density at radius 1 is 1.33 bits per heavy atom. The van der Waals surface area contributed by atoms with Gasteiger partial charge in [-0.3, -0.25) is 4.79 Å². The molecule has 4 atom stereocenters. The number of carbonyl (C=O) groups is 2. The van der Waals surface area contributed by atoms with Gasteiger partial charge in [0, 0.05) is 11.3 Å². The van der Waals surface area contributed by atoms with Crippen molar-refractivity contribution in [3.05, 3.63) is 0 Å². The highest BCUT2D eigenvalue weighted by molar-refractivity contribution is 7.99. The molecule has 1 aliphatic heterocycles. The second kappa shape index (κ2) is 6.87. The molecule has 2 aliphatic rings. The maximum absolute atomic E-state index is 12.1. The molecule has 7 heteroatoms. The Hall–Kier alpha value is -0.950. The Balaban J connectivity index is 1.85. The molecule has 2 fully saturated rings. The van der Waals surface area contributed by atoms with Crippen LogP contribution in [0, 0.1) is 5.41 Å². The molecular weight excluding hydrogens is 292 g/mol. The first-order valence-corrected chi connectivity index (χ1v) is 8.65. The number of rotatable bonds is 4. The first-order chi connectivity index (χ1) is 9.95. The van der Waals surface area contributed by atoms with Gasteiger partial charge in [0.05, 0.1) is 19.3 Å². The fraction of sp³-hybridized carbons (Fsp3) is 0.857. The van der Waals surface area contributed by atoms with Crippen LogP contribution in [0.15, 0.2) is 0 Å². The van der Waals surface area contributed by atoms with Crippen LogP contribution in [0.1, 0.15) is 32.6 Å². The highest BCUT2D eigenvalue weighted by atomic mass is 32.2. The summed E-state index contributed by atoms with van der Waals surface area (Å²) in [6.07, 6.45) is 6.39. The number of nitrogens with one attached hydrogen (secondary N) is 2. The molecule has 2 rings (SSSR count). The van der Waals surface area contributed by atoms with Crippen molar-refractivity contribution < 1.29 is 19.4 Å². The molecule has 1 saturated heterocycles. The minimum atomic E-state index is -1.05. The van der Waals surface area contributed by atoms with Gasteiger partial charge >= 0.3 is 12.0 Å². The van der Waals surface area contributed by atoms with Crippen molar-refractivity contribution in [2.45, 2.75) is 49.9 Å². The molecule has 1 heterocycles. The van der Waals surface area contributed by atoms with Crippen molar-refractivity contribution in [2.75, 3.05) is 19.5 Å². The number of carboxylic acids is 1. The van der Waals surface area contributed by atoms with E-state index >= 15 is 0 Å². The van der Waals surface area contributed by atoms with Crippen LogP contribution in [0.3, 0.4) is 0 Å². The first kappa shape index (κ1) is 16.4. The van der Waals surface area contributed by atoms with Crippen molar-refractivity contribution >= 4 is 23.8 Å². The van der Waals surface area contributed by atoms with Crippen LogP contribution in [-0.4, -0.2) is 53.9 Å². The zero-order valence-electron chi connectivity index (χ0n) is 12.6. The number of urea groups is 1. The lowest BCUT2D eigenvalue weighted by atomic mass is 9.85. The largest absolute Gasteiger partial charge is 0.481 e. The van der Waals surface area contributed by atoms with Gasteiger partial charge in [0.15, 0.2) is 0 Å². The normalized spacial score (nSPS) is 36.2. The summed E-state index contributed by atoms with van der Waals surface area (Å²) < 4.78 is 5.23. The van der Waals surface area contributed by atoms with E-state index in [-0.39, 0.29) is 25.3 Å². The van der Waals surface area contributed by atoms with E-state index in [2.05, 4.69) is 16.9 Å². The van der Waals surface area contributed by atoms with E-state index in [4.69, 9.17) is 4.74 Å². The minimum Gasteiger partial charge on any atom is -0.481 e. The number of thioether (sulfide) groups is 1. The molecule has 0 bridgehead atoms.